The van der Waals surface area contributed by atoms with Crippen LogP contribution in [0.2, 0.25) is 0 Å². The predicted molar refractivity (Wildman–Crippen MR) is 98.0 cm³/mol. The predicted octanol–water partition coefficient (Wildman–Crippen LogP) is 1.88. The van der Waals surface area contributed by atoms with E-state index in [1.165, 1.54) is 25.3 Å². The summed E-state index contributed by atoms with van der Waals surface area (Å²) in [5, 5.41) is 5.21. The van der Waals surface area contributed by atoms with Crippen LogP contribution in [-0.4, -0.2) is 44.9 Å². The van der Waals surface area contributed by atoms with Gasteiger partial charge in [0.25, 0.3) is 0 Å². The topological polar surface area (TPSA) is 83.7 Å². The lowest BCUT2D eigenvalue weighted by atomic mass is 9.94. The number of rotatable bonds is 4. The molecule has 1 amide bonds. The smallest absolute Gasteiger partial charge is 0.241 e. The summed E-state index contributed by atoms with van der Waals surface area (Å²) in [4.78, 5) is 17.0. The molecule has 7 heteroatoms. The number of nitrogens with zero attached hydrogens (tertiary/aromatic N) is 2. The first-order chi connectivity index (χ1) is 11.8. The number of carbonyl (C=O) groups is 1. The molecule has 0 aromatic heterocycles. The third-order valence-electron chi connectivity index (χ3n) is 5.45. The van der Waals surface area contributed by atoms with E-state index in [0.29, 0.717) is 19.0 Å². The molecule has 1 aromatic carbocycles. The zero-order chi connectivity index (χ0) is 18.2. The van der Waals surface area contributed by atoms with Crippen LogP contribution in [0.1, 0.15) is 44.6 Å². The van der Waals surface area contributed by atoms with Crippen LogP contribution in [0.15, 0.2) is 23.1 Å². The molecule has 2 N–H and O–H groups in total. The summed E-state index contributed by atoms with van der Waals surface area (Å²) in [5.41, 5.74) is 1.68. The molecule has 1 aliphatic carbocycles. The number of primary sulfonamides is 1. The van der Waals surface area contributed by atoms with E-state index in [0.717, 1.165) is 24.1 Å². The van der Waals surface area contributed by atoms with E-state index in [1.54, 1.807) is 12.1 Å². The van der Waals surface area contributed by atoms with Crippen molar-refractivity contribution in [3.05, 3.63) is 23.8 Å². The Balaban J connectivity index is 1.76. The number of sulfonamides is 1. The number of fused-ring (bicyclic) bond motifs is 1. The monoisotopic (exact) mass is 365 g/mol. The maximum atomic E-state index is 12.9. The number of likely N-dealkylation sites (N-methyl/N-ethyl adjacent to an activating group) is 1. The van der Waals surface area contributed by atoms with Gasteiger partial charge in [-0.3, -0.25) is 9.69 Å². The Hall–Kier alpha value is -1.44. The molecule has 0 radical (unpaired) electrons. The van der Waals surface area contributed by atoms with Crippen LogP contribution in [0.25, 0.3) is 0 Å². The van der Waals surface area contributed by atoms with E-state index in [-0.39, 0.29) is 16.8 Å². The summed E-state index contributed by atoms with van der Waals surface area (Å²) in [6.07, 6.45) is 6.74. The average molecular weight is 365 g/mol. The molecule has 1 aromatic rings. The van der Waals surface area contributed by atoms with Gasteiger partial charge in [-0.2, -0.15) is 0 Å². The molecule has 0 unspecified atom stereocenters. The highest BCUT2D eigenvalue weighted by molar-refractivity contribution is 7.89. The summed E-state index contributed by atoms with van der Waals surface area (Å²) in [5.74, 6) is 0.0719. The van der Waals surface area contributed by atoms with Crippen molar-refractivity contribution >= 4 is 21.6 Å². The number of hydrogen-bond acceptors (Lipinski definition) is 4. The number of hydrogen-bond donors (Lipinski definition) is 1. The molecule has 138 valence electrons. The minimum absolute atomic E-state index is 0.0259. The molecule has 3 rings (SSSR count). The van der Waals surface area contributed by atoms with Crippen LogP contribution < -0.4 is 10.0 Å². The van der Waals surface area contributed by atoms with Gasteiger partial charge in [-0.15, -0.1) is 0 Å². The Morgan fingerprint density at radius 2 is 1.96 bits per heavy atom. The first kappa shape index (κ1) is 18.4. The van der Waals surface area contributed by atoms with Crippen molar-refractivity contribution < 1.29 is 13.2 Å². The lowest BCUT2D eigenvalue weighted by Gasteiger charge is -2.32. The van der Waals surface area contributed by atoms with Gasteiger partial charge in [-0.25, -0.2) is 13.6 Å². The van der Waals surface area contributed by atoms with Gasteiger partial charge in [-0.05, 0) is 57.0 Å². The lowest BCUT2D eigenvalue weighted by molar-refractivity contribution is -0.120. The van der Waals surface area contributed by atoms with Gasteiger partial charge in [0.05, 0.1) is 11.4 Å². The van der Waals surface area contributed by atoms with Gasteiger partial charge >= 0.3 is 0 Å². The molecular formula is C18H27N3O3S. The summed E-state index contributed by atoms with van der Waals surface area (Å²) in [6.45, 7) is 2.39. The molecule has 0 saturated heterocycles. The number of amides is 1. The Morgan fingerprint density at radius 1 is 1.28 bits per heavy atom. The van der Waals surface area contributed by atoms with E-state index >= 15 is 0 Å². The SMILES string of the molecule is C[C@H]1Cc2cc(S(N)(=O)=O)ccc2N1C(=O)CN(C)C1CCCCC1. The third-order valence-corrected chi connectivity index (χ3v) is 6.36. The zero-order valence-electron chi connectivity index (χ0n) is 14.9. The second-order valence-corrected chi connectivity index (χ2v) is 8.92. The number of benzene rings is 1. The second-order valence-electron chi connectivity index (χ2n) is 7.36. The van der Waals surface area contributed by atoms with Crippen molar-refractivity contribution in [2.75, 3.05) is 18.5 Å². The quantitative estimate of drug-likeness (QED) is 0.883. The van der Waals surface area contributed by atoms with Crippen LogP contribution in [0.3, 0.4) is 0 Å². The maximum Gasteiger partial charge on any atom is 0.241 e. The lowest BCUT2D eigenvalue weighted by Crippen LogP contribution is -2.45. The van der Waals surface area contributed by atoms with Crippen molar-refractivity contribution in [2.45, 2.75) is 62.4 Å². The zero-order valence-corrected chi connectivity index (χ0v) is 15.8. The van der Waals surface area contributed by atoms with Crippen LogP contribution in [0.5, 0.6) is 0 Å². The summed E-state index contributed by atoms with van der Waals surface area (Å²) < 4.78 is 23.1. The summed E-state index contributed by atoms with van der Waals surface area (Å²) in [7, 11) is -1.70. The van der Waals surface area contributed by atoms with Crippen LogP contribution >= 0.6 is 0 Å². The molecule has 6 nitrogen and oxygen atoms in total. The normalized spacial score (nSPS) is 21.6. The highest BCUT2D eigenvalue weighted by atomic mass is 32.2. The Labute approximate surface area is 150 Å². The van der Waals surface area contributed by atoms with E-state index in [1.807, 2.05) is 18.9 Å². The minimum atomic E-state index is -3.72. The highest BCUT2D eigenvalue weighted by Crippen LogP contribution is 2.34. The number of carbonyl (C=O) groups excluding carboxylic acids is 1. The minimum Gasteiger partial charge on any atom is -0.308 e. The molecule has 1 saturated carbocycles. The fraction of sp³-hybridized carbons (Fsp3) is 0.611. The first-order valence-electron chi connectivity index (χ1n) is 8.95. The summed E-state index contributed by atoms with van der Waals surface area (Å²) in [6, 6.07) is 5.30. The Bertz CT molecular complexity index is 757. The Kier molecular flexibility index (Phi) is 5.18. The molecular weight excluding hydrogens is 338 g/mol. The molecule has 0 spiro atoms. The number of nitrogens with two attached hydrogens (primary N) is 1. The molecule has 0 bridgehead atoms. The molecule has 2 aliphatic rings. The number of anilines is 1. The van der Waals surface area contributed by atoms with E-state index in [9.17, 15) is 13.2 Å². The second kappa shape index (κ2) is 7.05. The fourth-order valence-corrected chi connectivity index (χ4v) is 4.67. The van der Waals surface area contributed by atoms with Crippen LogP contribution in [0.4, 0.5) is 5.69 Å². The van der Waals surface area contributed by atoms with Crippen molar-refractivity contribution in [2.24, 2.45) is 5.14 Å². The fourth-order valence-electron chi connectivity index (χ4n) is 4.10. The molecule has 25 heavy (non-hydrogen) atoms. The van der Waals surface area contributed by atoms with Gasteiger partial charge in [0.2, 0.25) is 15.9 Å². The van der Waals surface area contributed by atoms with Gasteiger partial charge in [0.1, 0.15) is 0 Å². The van der Waals surface area contributed by atoms with E-state index in [4.69, 9.17) is 5.14 Å². The highest BCUT2D eigenvalue weighted by Gasteiger charge is 2.33. The average Bonchev–Trinajstić information content (AvgIpc) is 2.89. The maximum absolute atomic E-state index is 12.9. The van der Waals surface area contributed by atoms with E-state index in [2.05, 4.69) is 4.90 Å². The molecule has 1 atom stereocenters. The van der Waals surface area contributed by atoms with Gasteiger partial charge in [0.15, 0.2) is 0 Å². The van der Waals surface area contributed by atoms with Gasteiger partial charge in [0, 0.05) is 17.8 Å². The van der Waals surface area contributed by atoms with Crippen LogP contribution in [0, 0.1) is 0 Å². The first-order valence-corrected chi connectivity index (χ1v) is 10.5. The van der Waals surface area contributed by atoms with E-state index < -0.39 is 10.0 Å². The van der Waals surface area contributed by atoms with Gasteiger partial charge in [-0.1, -0.05) is 19.3 Å². The van der Waals surface area contributed by atoms with Crippen molar-refractivity contribution in [3.8, 4) is 0 Å². The molecule has 1 fully saturated rings. The molecule has 1 heterocycles. The standard InChI is InChI=1S/C18H27N3O3S/c1-13-10-14-11-16(25(19,23)24)8-9-17(14)21(13)18(22)12-20(2)15-6-4-3-5-7-15/h8-9,11,13,15H,3-7,10,12H2,1-2H3,(H2,19,23,24)/t13-/m0/s1. The van der Waals surface area contributed by atoms with Crippen molar-refractivity contribution in [1.82, 2.24) is 4.90 Å². The van der Waals surface area contributed by atoms with Gasteiger partial charge < -0.3 is 4.90 Å². The Morgan fingerprint density at radius 3 is 2.60 bits per heavy atom. The third kappa shape index (κ3) is 3.88. The largest absolute Gasteiger partial charge is 0.308 e. The van der Waals surface area contributed by atoms with Crippen molar-refractivity contribution in [3.63, 3.8) is 0 Å². The summed E-state index contributed by atoms with van der Waals surface area (Å²) >= 11 is 0. The molecule has 1 aliphatic heterocycles. The van der Waals surface area contributed by atoms with Crippen molar-refractivity contribution in [1.29, 1.82) is 0 Å². The van der Waals surface area contributed by atoms with Crippen LogP contribution in [-0.2, 0) is 21.2 Å².